The topological polar surface area (TPSA) is 9.72 Å². The summed E-state index contributed by atoms with van der Waals surface area (Å²) in [6.07, 6.45) is 0. The summed E-state index contributed by atoms with van der Waals surface area (Å²) in [4.78, 5) is 7.66. The summed E-state index contributed by atoms with van der Waals surface area (Å²) in [5.41, 5.74) is 34.5. The highest BCUT2D eigenvalue weighted by Crippen LogP contribution is 2.50. The van der Waals surface area contributed by atoms with Gasteiger partial charge < -0.3 is 14.7 Å². The van der Waals surface area contributed by atoms with Crippen molar-refractivity contribution in [1.29, 1.82) is 0 Å². The zero-order chi connectivity index (χ0) is 68.7. The Hall–Kier alpha value is -10.7. The van der Waals surface area contributed by atoms with Crippen LogP contribution in [0.15, 0.2) is 297 Å². The van der Waals surface area contributed by atoms with E-state index in [-0.39, 0.29) is 28.4 Å². The van der Waals surface area contributed by atoms with Crippen LogP contribution < -0.4 is 31.1 Å². The van der Waals surface area contributed by atoms with Gasteiger partial charge in [0, 0.05) is 58.1 Å². The van der Waals surface area contributed by atoms with Gasteiger partial charge in [-0.25, -0.2) is 0 Å². The fourth-order valence-corrected chi connectivity index (χ4v) is 15.1. The van der Waals surface area contributed by atoms with Gasteiger partial charge in [0.1, 0.15) is 0 Å². The van der Waals surface area contributed by atoms with Crippen molar-refractivity contribution in [1.82, 2.24) is 0 Å². The Kier molecular flexibility index (Phi) is 16.2. The van der Waals surface area contributed by atoms with E-state index in [9.17, 15) is 0 Å². The van der Waals surface area contributed by atoms with Crippen molar-refractivity contribution in [2.75, 3.05) is 21.7 Å². The summed E-state index contributed by atoms with van der Waals surface area (Å²) in [6, 6.07) is 113. The standard InChI is InChI=1S/C95H88BN3/c1-92(2,3)72-42-38-65(39-43-72)83-53-48-75(95(10,11)12)60-88(83)97(13)78-61-89-91-90(62-78)99(77-51-46-74(47-52-77)94(7,8)9)87-55-41-71(82-37-23-21-35-80(82)69-33-25-31-67(57-69)64-28-18-15-19-29-64)59-85(87)96(91)84-58-70(40-54-86(84)98(89)76-49-44-73(45-50-76)93(4,5)6)81-36-22-20-34-79(81)68-32-24-30-66(56-68)63-26-16-14-17-27-63/h14-62H,1-13H3. The zero-order valence-electron chi connectivity index (χ0n) is 59.7. The van der Waals surface area contributed by atoms with E-state index in [4.69, 9.17) is 0 Å². The maximum atomic E-state index is 2.59. The molecule has 0 amide bonds. The third kappa shape index (κ3) is 12.2. The van der Waals surface area contributed by atoms with Crippen molar-refractivity contribution in [2.45, 2.75) is 105 Å². The van der Waals surface area contributed by atoms with E-state index in [1.807, 2.05) is 0 Å². The molecule has 0 N–H and O–H groups in total. The summed E-state index contributed by atoms with van der Waals surface area (Å²) in [6.45, 7) is 27.5. The van der Waals surface area contributed by atoms with Crippen molar-refractivity contribution in [3.05, 3.63) is 320 Å². The minimum absolute atomic E-state index is 0.0224. The molecule has 0 radical (unpaired) electrons. The van der Waals surface area contributed by atoms with Gasteiger partial charge in [0.15, 0.2) is 0 Å². The van der Waals surface area contributed by atoms with E-state index in [1.54, 1.807) is 0 Å². The largest absolute Gasteiger partial charge is 0.344 e. The van der Waals surface area contributed by atoms with E-state index in [0.29, 0.717) is 0 Å². The van der Waals surface area contributed by atoms with Crippen LogP contribution in [0.1, 0.15) is 105 Å². The molecule has 13 aromatic carbocycles. The molecule has 3 nitrogen and oxygen atoms in total. The van der Waals surface area contributed by atoms with Gasteiger partial charge in [-0.1, -0.05) is 314 Å². The molecule has 0 spiro atoms. The molecule has 0 saturated carbocycles. The fourth-order valence-electron chi connectivity index (χ4n) is 15.1. The van der Waals surface area contributed by atoms with Gasteiger partial charge in [0.25, 0.3) is 6.71 Å². The van der Waals surface area contributed by atoms with Crippen molar-refractivity contribution < 1.29 is 0 Å². The monoisotopic (exact) mass is 1280 g/mol. The van der Waals surface area contributed by atoms with Crippen molar-refractivity contribution in [3.63, 3.8) is 0 Å². The van der Waals surface area contributed by atoms with Gasteiger partial charge in [-0.15, -0.1) is 0 Å². The first-order valence-electron chi connectivity index (χ1n) is 35.3. The van der Waals surface area contributed by atoms with Crippen molar-refractivity contribution in [2.24, 2.45) is 0 Å². The molecule has 0 aliphatic carbocycles. The van der Waals surface area contributed by atoms with Gasteiger partial charge >= 0.3 is 0 Å². The molecule has 4 heteroatoms. The number of hydrogen-bond donors (Lipinski definition) is 0. The van der Waals surface area contributed by atoms with Crippen LogP contribution in [0.5, 0.6) is 0 Å². The molecule has 486 valence electrons. The Morgan fingerprint density at radius 1 is 0.253 bits per heavy atom. The Labute approximate surface area is 588 Å². The number of anilines is 8. The van der Waals surface area contributed by atoms with Gasteiger partial charge in [0.05, 0.1) is 0 Å². The highest BCUT2D eigenvalue weighted by molar-refractivity contribution is 7.00. The SMILES string of the molecule is CN(c1cc2c3c(c1)N(c1ccc(C(C)(C)C)cc1)c1ccc(-c4ccccc4-c4cccc(-c5ccccc5)c4)cc1B3c1cc(-c3ccccc3-c3cccc(-c4ccccc4)c3)ccc1N2c1ccc(C(C)(C)C)cc1)c1cc(C(C)(C)C)ccc1-c1ccc(C(C)(C)C)cc1. The second-order valence-electron chi connectivity index (χ2n) is 31.5. The fraction of sp³-hybridized carbons (Fsp3) is 0.179. The lowest BCUT2D eigenvalue weighted by atomic mass is 9.33. The number of nitrogens with zero attached hydrogens (tertiary/aromatic N) is 3. The molecule has 13 aromatic rings. The van der Waals surface area contributed by atoms with Gasteiger partial charge in [-0.3, -0.25) is 0 Å². The normalized spacial score (nSPS) is 12.8. The molecule has 0 fully saturated rings. The van der Waals surface area contributed by atoms with Crippen LogP contribution in [0.25, 0.3) is 77.9 Å². The first-order valence-corrected chi connectivity index (χ1v) is 35.3. The predicted molar refractivity (Wildman–Crippen MR) is 428 cm³/mol. The Balaban J connectivity index is 1.01. The molecular formula is C95H88BN3. The molecule has 0 unspecified atom stereocenters. The van der Waals surface area contributed by atoms with Crippen LogP contribution in [0, 0.1) is 0 Å². The molecule has 15 rings (SSSR count). The molecule has 99 heavy (non-hydrogen) atoms. The smallest absolute Gasteiger partial charge is 0.252 e. The molecule has 2 aliphatic heterocycles. The van der Waals surface area contributed by atoms with Crippen LogP contribution >= 0.6 is 0 Å². The number of fused-ring (bicyclic) bond motifs is 4. The first-order chi connectivity index (χ1) is 47.5. The molecule has 0 saturated heterocycles. The third-order valence-electron chi connectivity index (χ3n) is 20.7. The van der Waals surface area contributed by atoms with Crippen LogP contribution in [-0.4, -0.2) is 13.8 Å². The van der Waals surface area contributed by atoms with Crippen LogP contribution in [0.3, 0.4) is 0 Å². The number of rotatable bonds is 11. The van der Waals surface area contributed by atoms with Gasteiger partial charge in [0.2, 0.25) is 0 Å². The maximum Gasteiger partial charge on any atom is 0.252 e. The second-order valence-corrected chi connectivity index (χ2v) is 31.5. The molecule has 0 atom stereocenters. The zero-order valence-corrected chi connectivity index (χ0v) is 59.7. The average molecular weight is 1280 g/mol. The van der Waals surface area contributed by atoms with Crippen molar-refractivity contribution >= 4 is 68.6 Å². The lowest BCUT2D eigenvalue weighted by molar-refractivity contribution is 0.590. The minimum Gasteiger partial charge on any atom is -0.344 e. The van der Waals surface area contributed by atoms with E-state index in [2.05, 4.69) is 402 Å². The Bertz CT molecular complexity index is 4910. The quantitative estimate of drug-likeness (QED) is 0.120. The molecule has 2 heterocycles. The van der Waals surface area contributed by atoms with Gasteiger partial charge in [-0.05, 0) is 199 Å². The highest BCUT2D eigenvalue weighted by Gasteiger charge is 2.45. The summed E-state index contributed by atoms with van der Waals surface area (Å²) in [7, 11) is 2.29. The molecular weight excluding hydrogens is 1190 g/mol. The molecule has 0 aromatic heterocycles. The lowest BCUT2D eigenvalue weighted by Gasteiger charge is -2.45. The molecule has 0 bridgehead atoms. The van der Waals surface area contributed by atoms with Crippen molar-refractivity contribution in [3.8, 4) is 77.9 Å². The van der Waals surface area contributed by atoms with Gasteiger partial charge in [-0.2, -0.15) is 0 Å². The van der Waals surface area contributed by atoms with E-state index in [0.717, 1.165) is 45.5 Å². The highest BCUT2D eigenvalue weighted by atomic mass is 15.2. The van der Waals surface area contributed by atoms with E-state index < -0.39 is 0 Å². The van der Waals surface area contributed by atoms with Crippen LogP contribution in [-0.2, 0) is 21.7 Å². The molecule has 2 aliphatic rings. The third-order valence-corrected chi connectivity index (χ3v) is 20.7. The summed E-state index contributed by atoms with van der Waals surface area (Å²) in [5, 5.41) is 0. The number of hydrogen-bond acceptors (Lipinski definition) is 3. The minimum atomic E-state index is -0.210. The summed E-state index contributed by atoms with van der Waals surface area (Å²) < 4.78 is 0. The average Bonchev–Trinajstić information content (AvgIpc) is 0.693. The Morgan fingerprint density at radius 3 is 0.980 bits per heavy atom. The number of benzene rings is 13. The van der Waals surface area contributed by atoms with Crippen LogP contribution in [0.4, 0.5) is 45.5 Å². The van der Waals surface area contributed by atoms with E-state index >= 15 is 0 Å². The van der Waals surface area contributed by atoms with E-state index in [1.165, 1.54) is 117 Å². The summed E-state index contributed by atoms with van der Waals surface area (Å²) >= 11 is 0. The predicted octanol–water partition coefficient (Wildman–Crippen LogP) is 24.4. The lowest BCUT2D eigenvalue weighted by Crippen LogP contribution is -2.61. The van der Waals surface area contributed by atoms with Crippen LogP contribution in [0.2, 0.25) is 0 Å². The first kappa shape index (κ1) is 64.3. The Morgan fingerprint density at radius 2 is 0.586 bits per heavy atom. The second kappa shape index (κ2) is 25.0. The maximum absolute atomic E-state index is 2.59. The summed E-state index contributed by atoms with van der Waals surface area (Å²) in [5.74, 6) is 0.